The first-order chi connectivity index (χ1) is 4.18. The molecule has 0 unspecified atom stereocenters. The molecule has 1 heterocycles. The molecular formula is C5H8N2O2. The summed E-state index contributed by atoms with van der Waals surface area (Å²) in [7, 11) is 0. The zero-order chi connectivity index (χ0) is 6.85. The highest BCUT2D eigenvalue weighted by Gasteiger charge is 2.19. The molecule has 1 fully saturated rings. The number of hydrogen-bond acceptors (Lipinski definition) is 2. The van der Waals surface area contributed by atoms with Crippen molar-refractivity contribution < 1.29 is 9.59 Å². The Morgan fingerprint density at radius 2 is 2.22 bits per heavy atom. The smallest absolute Gasteiger partial charge is 0.321 e. The number of urea groups is 1. The summed E-state index contributed by atoms with van der Waals surface area (Å²) in [5, 5.41) is 4.66. The van der Waals surface area contributed by atoms with E-state index in [-0.39, 0.29) is 11.9 Å². The molecule has 0 saturated carbocycles. The fourth-order valence-corrected chi connectivity index (χ4v) is 0.767. The lowest BCUT2D eigenvalue weighted by Gasteiger charge is -2.18. The van der Waals surface area contributed by atoms with Crippen LogP contribution in [0.1, 0.15) is 13.3 Å². The highest BCUT2D eigenvalue weighted by Crippen LogP contribution is 1.94. The zero-order valence-electron chi connectivity index (χ0n) is 5.10. The van der Waals surface area contributed by atoms with Crippen LogP contribution < -0.4 is 10.6 Å². The van der Waals surface area contributed by atoms with Gasteiger partial charge in [0.2, 0.25) is 5.91 Å². The molecule has 0 aromatic carbocycles. The molecule has 0 spiro atoms. The third-order valence-corrected chi connectivity index (χ3v) is 1.12. The summed E-state index contributed by atoms with van der Waals surface area (Å²) in [5.41, 5.74) is 0. The van der Waals surface area contributed by atoms with Gasteiger partial charge in [-0.05, 0) is 6.92 Å². The first-order valence-corrected chi connectivity index (χ1v) is 2.79. The molecule has 1 aliphatic rings. The van der Waals surface area contributed by atoms with Crippen molar-refractivity contribution in [2.45, 2.75) is 19.4 Å². The van der Waals surface area contributed by atoms with Gasteiger partial charge in [0.15, 0.2) is 0 Å². The van der Waals surface area contributed by atoms with Crippen LogP contribution in [0.5, 0.6) is 0 Å². The van der Waals surface area contributed by atoms with E-state index in [4.69, 9.17) is 0 Å². The Labute approximate surface area is 52.6 Å². The van der Waals surface area contributed by atoms with Crippen LogP contribution in [0.2, 0.25) is 0 Å². The van der Waals surface area contributed by atoms with Gasteiger partial charge in [0, 0.05) is 12.5 Å². The molecule has 4 heteroatoms. The first-order valence-electron chi connectivity index (χ1n) is 2.79. The predicted molar refractivity (Wildman–Crippen MR) is 30.8 cm³/mol. The Kier molecular flexibility index (Phi) is 1.38. The molecule has 9 heavy (non-hydrogen) atoms. The summed E-state index contributed by atoms with van der Waals surface area (Å²) in [6, 6.07) is -0.412. The van der Waals surface area contributed by atoms with Gasteiger partial charge < -0.3 is 5.32 Å². The number of hydrogen-bond donors (Lipinski definition) is 2. The van der Waals surface area contributed by atoms with E-state index >= 15 is 0 Å². The Bertz CT molecular complexity index is 139. The van der Waals surface area contributed by atoms with Gasteiger partial charge in [-0.1, -0.05) is 0 Å². The van der Waals surface area contributed by atoms with Crippen LogP contribution in [0.15, 0.2) is 0 Å². The SMILES string of the molecule is C[C@H]1CC(=O)NC(=O)N1. The van der Waals surface area contributed by atoms with Crippen LogP contribution in [0.3, 0.4) is 0 Å². The first kappa shape index (κ1) is 6.07. The molecule has 0 aliphatic carbocycles. The van der Waals surface area contributed by atoms with Gasteiger partial charge in [-0.3, -0.25) is 10.1 Å². The maximum absolute atomic E-state index is 10.5. The number of imide groups is 1. The van der Waals surface area contributed by atoms with Crippen LogP contribution in [-0.2, 0) is 4.79 Å². The Morgan fingerprint density at radius 3 is 2.67 bits per heavy atom. The topological polar surface area (TPSA) is 58.2 Å². The van der Waals surface area contributed by atoms with Gasteiger partial charge in [-0.15, -0.1) is 0 Å². The van der Waals surface area contributed by atoms with E-state index in [1.54, 1.807) is 6.92 Å². The van der Waals surface area contributed by atoms with Crippen LogP contribution >= 0.6 is 0 Å². The van der Waals surface area contributed by atoms with Crippen molar-refractivity contribution >= 4 is 11.9 Å². The second-order valence-electron chi connectivity index (χ2n) is 2.13. The summed E-state index contributed by atoms with van der Waals surface area (Å²) in [4.78, 5) is 21.0. The van der Waals surface area contributed by atoms with Gasteiger partial charge in [0.25, 0.3) is 0 Å². The van der Waals surface area contributed by atoms with Crippen LogP contribution in [-0.4, -0.2) is 18.0 Å². The van der Waals surface area contributed by atoms with Gasteiger partial charge in [-0.25, -0.2) is 4.79 Å². The average Bonchev–Trinajstić information content (AvgIpc) is 1.59. The van der Waals surface area contributed by atoms with Crippen molar-refractivity contribution in [3.63, 3.8) is 0 Å². The molecule has 4 nitrogen and oxygen atoms in total. The summed E-state index contributed by atoms with van der Waals surface area (Å²) in [6.07, 6.45) is 0.381. The monoisotopic (exact) mass is 128 g/mol. The molecule has 2 N–H and O–H groups in total. The van der Waals surface area contributed by atoms with E-state index in [2.05, 4.69) is 10.6 Å². The van der Waals surface area contributed by atoms with Gasteiger partial charge in [-0.2, -0.15) is 0 Å². The van der Waals surface area contributed by atoms with E-state index in [0.717, 1.165) is 0 Å². The third kappa shape index (κ3) is 1.42. The van der Waals surface area contributed by atoms with E-state index in [1.807, 2.05) is 0 Å². The summed E-state index contributed by atoms with van der Waals surface area (Å²) in [6.45, 7) is 1.79. The third-order valence-electron chi connectivity index (χ3n) is 1.12. The van der Waals surface area contributed by atoms with Gasteiger partial charge in [0.05, 0.1) is 0 Å². The largest absolute Gasteiger partial charge is 0.335 e. The van der Waals surface area contributed by atoms with Crippen LogP contribution in [0.4, 0.5) is 4.79 Å². The molecule has 1 saturated heterocycles. The lowest BCUT2D eigenvalue weighted by atomic mass is 10.2. The van der Waals surface area contributed by atoms with Gasteiger partial charge >= 0.3 is 6.03 Å². The van der Waals surface area contributed by atoms with Crippen molar-refractivity contribution in [3.05, 3.63) is 0 Å². The minimum Gasteiger partial charge on any atom is -0.335 e. The molecule has 0 aromatic heterocycles. The standard InChI is InChI=1S/C5H8N2O2/c1-3-2-4(8)7-5(9)6-3/h3H,2H2,1H3,(H2,6,7,8,9)/t3-/m0/s1. The fraction of sp³-hybridized carbons (Fsp3) is 0.600. The molecule has 0 bridgehead atoms. The van der Waals surface area contributed by atoms with Crippen molar-refractivity contribution in [1.29, 1.82) is 0 Å². The lowest BCUT2D eigenvalue weighted by Crippen LogP contribution is -2.50. The minimum absolute atomic E-state index is 0.0220. The van der Waals surface area contributed by atoms with Crippen molar-refractivity contribution in [3.8, 4) is 0 Å². The second kappa shape index (κ2) is 2.05. The number of carbonyl (C=O) groups is 2. The molecule has 50 valence electrons. The molecule has 1 rings (SSSR count). The molecular weight excluding hydrogens is 120 g/mol. The Balaban J connectivity index is 2.53. The predicted octanol–water partition coefficient (Wildman–Crippen LogP) is -0.396. The van der Waals surface area contributed by atoms with Crippen molar-refractivity contribution in [2.75, 3.05) is 0 Å². The molecule has 0 radical (unpaired) electrons. The average molecular weight is 128 g/mol. The zero-order valence-corrected chi connectivity index (χ0v) is 5.10. The normalized spacial score (nSPS) is 27.0. The quantitative estimate of drug-likeness (QED) is 0.466. The summed E-state index contributed by atoms with van der Waals surface area (Å²) >= 11 is 0. The van der Waals surface area contributed by atoms with Crippen molar-refractivity contribution in [2.24, 2.45) is 0 Å². The van der Waals surface area contributed by atoms with E-state index < -0.39 is 6.03 Å². The summed E-state index contributed by atoms with van der Waals surface area (Å²) in [5.74, 6) is -0.203. The molecule has 1 atom stereocenters. The maximum Gasteiger partial charge on any atom is 0.321 e. The molecule has 0 aromatic rings. The second-order valence-corrected chi connectivity index (χ2v) is 2.13. The summed E-state index contributed by atoms with van der Waals surface area (Å²) < 4.78 is 0. The molecule has 3 amide bonds. The molecule has 1 aliphatic heterocycles. The number of amides is 3. The highest BCUT2D eigenvalue weighted by atomic mass is 16.2. The highest BCUT2D eigenvalue weighted by molar-refractivity contribution is 5.97. The minimum atomic E-state index is -0.390. The number of nitrogens with one attached hydrogen (secondary N) is 2. The number of carbonyl (C=O) groups excluding carboxylic acids is 2. The van der Waals surface area contributed by atoms with Gasteiger partial charge in [0.1, 0.15) is 0 Å². The number of rotatable bonds is 0. The lowest BCUT2D eigenvalue weighted by molar-refractivity contribution is -0.121. The fourth-order valence-electron chi connectivity index (χ4n) is 0.767. The van der Waals surface area contributed by atoms with E-state index in [0.29, 0.717) is 6.42 Å². The van der Waals surface area contributed by atoms with Crippen LogP contribution in [0.25, 0.3) is 0 Å². The van der Waals surface area contributed by atoms with E-state index in [1.165, 1.54) is 0 Å². The Hall–Kier alpha value is -1.06. The Morgan fingerprint density at radius 1 is 1.56 bits per heavy atom. The van der Waals surface area contributed by atoms with E-state index in [9.17, 15) is 9.59 Å². The van der Waals surface area contributed by atoms with Crippen molar-refractivity contribution in [1.82, 2.24) is 10.6 Å². The maximum atomic E-state index is 10.5. The van der Waals surface area contributed by atoms with Crippen LogP contribution in [0, 0.1) is 0 Å².